The van der Waals surface area contributed by atoms with Crippen molar-refractivity contribution in [1.82, 2.24) is 0 Å². The Morgan fingerprint density at radius 3 is 2.39 bits per heavy atom. The number of rotatable bonds is 5. The lowest BCUT2D eigenvalue weighted by atomic mass is 9.72. The largest absolute Gasteiger partial charge is 0.0802 e. The van der Waals surface area contributed by atoms with Crippen molar-refractivity contribution >= 4 is 21.5 Å². The Balaban J connectivity index is 1.51. The summed E-state index contributed by atoms with van der Waals surface area (Å²) < 4.78 is 1.15. The van der Waals surface area contributed by atoms with Crippen molar-refractivity contribution < 1.29 is 0 Å². The molecule has 1 saturated carbocycles. The quantitative estimate of drug-likeness (QED) is 0.504. The molecule has 0 heterocycles. The van der Waals surface area contributed by atoms with E-state index in [1.54, 1.807) is 0 Å². The zero-order valence-electron chi connectivity index (χ0n) is 14.3. The van der Waals surface area contributed by atoms with Crippen LogP contribution in [0.3, 0.4) is 0 Å². The predicted octanol–water partition coefficient (Wildman–Crippen LogP) is 7.41. The Bertz CT molecular complexity index is 544. The molecule has 1 aromatic rings. The van der Waals surface area contributed by atoms with Crippen LogP contribution in [0.2, 0.25) is 0 Å². The summed E-state index contributed by atoms with van der Waals surface area (Å²) in [6.45, 7) is 2.31. The summed E-state index contributed by atoms with van der Waals surface area (Å²) in [6, 6.07) is 8.68. The number of benzene rings is 1. The van der Waals surface area contributed by atoms with Crippen LogP contribution in [0.4, 0.5) is 0 Å². The van der Waals surface area contributed by atoms with Crippen LogP contribution in [0.25, 0.3) is 5.57 Å². The molecule has 1 aromatic carbocycles. The summed E-state index contributed by atoms with van der Waals surface area (Å²) in [4.78, 5) is 0. The Morgan fingerprint density at radius 2 is 1.78 bits per heavy atom. The molecule has 124 valence electrons. The maximum absolute atomic E-state index is 3.51. The van der Waals surface area contributed by atoms with Crippen molar-refractivity contribution in [2.24, 2.45) is 17.8 Å². The second kappa shape index (κ2) is 8.33. The molecule has 0 spiro atoms. The van der Waals surface area contributed by atoms with Gasteiger partial charge in [-0.3, -0.25) is 0 Å². The molecule has 0 aromatic heterocycles. The third-order valence-corrected chi connectivity index (χ3v) is 6.30. The average Bonchev–Trinajstić information content (AvgIpc) is 2.61. The second-order valence-electron chi connectivity index (χ2n) is 7.35. The topological polar surface area (TPSA) is 0 Å². The molecule has 1 fully saturated rings. The zero-order valence-corrected chi connectivity index (χ0v) is 15.9. The molecule has 0 amide bonds. The highest BCUT2D eigenvalue weighted by molar-refractivity contribution is 9.10. The minimum absolute atomic E-state index is 0.779. The van der Waals surface area contributed by atoms with Gasteiger partial charge in [0.05, 0.1) is 0 Å². The van der Waals surface area contributed by atoms with E-state index in [2.05, 4.69) is 65.3 Å². The van der Waals surface area contributed by atoms with E-state index in [1.165, 1.54) is 62.5 Å². The van der Waals surface area contributed by atoms with Gasteiger partial charge < -0.3 is 0 Å². The normalized spacial score (nSPS) is 27.7. The predicted molar refractivity (Wildman–Crippen MR) is 104 cm³/mol. The molecule has 2 aliphatic carbocycles. The van der Waals surface area contributed by atoms with E-state index in [9.17, 15) is 0 Å². The first-order chi connectivity index (χ1) is 11.3. The van der Waals surface area contributed by atoms with Crippen LogP contribution >= 0.6 is 15.9 Å². The van der Waals surface area contributed by atoms with Crippen LogP contribution in [-0.2, 0) is 0 Å². The number of allylic oxidation sites excluding steroid dienone is 4. The molecule has 23 heavy (non-hydrogen) atoms. The molecule has 1 heteroatoms. The highest BCUT2D eigenvalue weighted by Crippen LogP contribution is 2.39. The monoisotopic (exact) mass is 372 g/mol. The van der Waals surface area contributed by atoms with Gasteiger partial charge >= 0.3 is 0 Å². The van der Waals surface area contributed by atoms with E-state index in [0.29, 0.717) is 0 Å². The summed E-state index contributed by atoms with van der Waals surface area (Å²) in [5.74, 6) is 2.72. The summed E-state index contributed by atoms with van der Waals surface area (Å²) in [7, 11) is 0. The Labute approximate surface area is 150 Å². The molecule has 3 rings (SSSR count). The molecule has 0 aliphatic heterocycles. The Hall–Kier alpha value is -0.820. The van der Waals surface area contributed by atoms with Crippen LogP contribution in [-0.4, -0.2) is 0 Å². The lowest BCUT2D eigenvalue weighted by Gasteiger charge is -2.33. The molecular formula is C22H29Br. The Morgan fingerprint density at radius 1 is 1.04 bits per heavy atom. The van der Waals surface area contributed by atoms with Gasteiger partial charge in [-0.25, -0.2) is 0 Å². The SMILES string of the molecule is CCCCC1CCC(C2C=CC(c3ccc(Br)cc3)=CC2)CC1. The van der Waals surface area contributed by atoms with E-state index < -0.39 is 0 Å². The Kier molecular flexibility index (Phi) is 6.16. The van der Waals surface area contributed by atoms with Crippen LogP contribution in [0, 0.1) is 17.8 Å². The number of hydrogen-bond acceptors (Lipinski definition) is 0. The van der Waals surface area contributed by atoms with E-state index in [4.69, 9.17) is 0 Å². The highest BCUT2D eigenvalue weighted by Gasteiger charge is 2.26. The first kappa shape index (κ1) is 17.0. The summed E-state index contributed by atoms with van der Waals surface area (Å²) >= 11 is 3.51. The highest BCUT2D eigenvalue weighted by atomic mass is 79.9. The van der Waals surface area contributed by atoms with E-state index >= 15 is 0 Å². The van der Waals surface area contributed by atoms with Crippen molar-refractivity contribution in [2.75, 3.05) is 0 Å². The second-order valence-corrected chi connectivity index (χ2v) is 8.26. The van der Waals surface area contributed by atoms with Gasteiger partial charge in [0.15, 0.2) is 0 Å². The fraction of sp³-hybridized carbons (Fsp3) is 0.545. The number of hydrogen-bond donors (Lipinski definition) is 0. The van der Waals surface area contributed by atoms with Gasteiger partial charge in [-0.05, 0) is 60.3 Å². The third-order valence-electron chi connectivity index (χ3n) is 5.77. The fourth-order valence-electron chi connectivity index (χ4n) is 4.24. The van der Waals surface area contributed by atoms with Gasteiger partial charge in [-0.2, -0.15) is 0 Å². The molecule has 0 bridgehead atoms. The number of unbranched alkanes of at least 4 members (excludes halogenated alkanes) is 1. The standard InChI is InChI=1S/C22H29Br/c1-2-3-4-17-5-7-18(8-6-17)19-9-11-20(12-10-19)21-13-15-22(23)16-14-21/h9,11-19H,2-8,10H2,1H3. The molecule has 2 aliphatic rings. The first-order valence-corrected chi connectivity index (χ1v) is 10.2. The van der Waals surface area contributed by atoms with Crippen LogP contribution in [0.1, 0.15) is 63.9 Å². The number of halogens is 1. The average molecular weight is 373 g/mol. The molecule has 0 radical (unpaired) electrons. The van der Waals surface area contributed by atoms with Crippen LogP contribution in [0.15, 0.2) is 47.0 Å². The van der Waals surface area contributed by atoms with Gasteiger partial charge in [-0.1, -0.05) is 85.3 Å². The van der Waals surface area contributed by atoms with Gasteiger partial charge in [0.1, 0.15) is 0 Å². The van der Waals surface area contributed by atoms with E-state index in [1.807, 2.05) is 0 Å². The maximum atomic E-state index is 3.51. The zero-order chi connectivity index (χ0) is 16.1. The van der Waals surface area contributed by atoms with Gasteiger partial charge in [0, 0.05) is 4.47 Å². The summed E-state index contributed by atoms with van der Waals surface area (Å²) in [5, 5.41) is 0. The first-order valence-electron chi connectivity index (χ1n) is 9.40. The lowest BCUT2D eigenvalue weighted by Crippen LogP contribution is -2.21. The minimum Gasteiger partial charge on any atom is -0.0802 e. The minimum atomic E-state index is 0.779. The van der Waals surface area contributed by atoms with Crippen LogP contribution < -0.4 is 0 Å². The third kappa shape index (κ3) is 4.59. The van der Waals surface area contributed by atoms with Crippen molar-refractivity contribution in [1.29, 1.82) is 0 Å². The molecule has 0 nitrogen and oxygen atoms in total. The van der Waals surface area contributed by atoms with E-state index in [-0.39, 0.29) is 0 Å². The van der Waals surface area contributed by atoms with Gasteiger partial charge in [-0.15, -0.1) is 0 Å². The molecule has 1 atom stereocenters. The fourth-order valence-corrected chi connectivity index (χ4v) is 4.51. The summed E-state index contributed by atoms with van der Waals surface area (Å²) in [6.07, 6.45) is 18.6. The molecule has 0 saturated heterocycles. The van der Waals surface area contributed by atoms with Crippen molar-refractivity contribution in [3.8, 4) is 0 Å². The van der Waals surface area contributed by atoms with Crippen molar-refractivity contribution in [3.05, 3.63) is 52.5 Å². The van der Waals surface area contributed by atoms with Gasteiger partial charge in [0.2, 0.25) is 0 Å². The summed E-state index contributed by atoms with van der Waals surface area (Å²) in [5.41, 5.74) is 2.73. The van der Waals surface area contributed by atoms with Crippen LogP contribution in [0.5, 0.6) is 0 Å². The van der Waals surface area contributed by atoms with E-state index in [0.717, 1.165) is 22.2 Å². The smallest absolute Gasteiger partial charge is 0.0175 e. The van der Waals surface area contributed by atoms with Crippen molar-refractivity contribution in [3.63, 3.8) is 0 Å². The molecule has 1 unspecified atom stereocenters. The molecular weight excluding hydrogens is 344 g/mol. The maximum Gasteiger partial charge on any atom is 0.0175 e. The van der Waals surface area contributed by atoms with Crippen molar-refractivity contribution in [2.45, 2.75) is 58.3 Å². The lowest BCUT2D eigenvalue weighted by molar-refractivity contribution is 0.219. The molecule has 0 N–H and O–H groups in total. The van der Waals surface area contributed by atoms with Gasteiger partial charge in [0.25, 0.3) is 0 Å².